The summed E-state index contributed by atoms with van der Waals surface area (Å²) >= 11 is 1.67. The van der Waals surface area contributed by atoms with Crippen LogP contribution in [-0.4, -0.2) is 0 Å². The summed E-state index contributed by atoms with van der Waals surface area (Å²) in [4.78, 5) is 1.28. The average Bonchev–Trinajstić information content (AvgIpc) is 2.75. The van der Waals surface area contributed by atoms with Crippen molar-refractivity contribution in [1.29, 1.82) is 0 Å². The Balaban J connectivity index is 2.02. The largest absolute Gasteiger partial charge is 0.391 e. The SMILES string of the molecule is Nc1ccc(-c2ccc3c(c2)CCCC3)s1. The number of anilines is 1. The van der Waals surface area contributed by atoms with Gasteiger partial charge in [0.05, 0.1) is 5.00 Å². The molecule has 1 nitrogen and oxygen atoms in total. The molecule has 2 N–H and O–H groups in total. The fourth-order valence-corrected chi connectivity index (χ4v) is 3.17. The number of aryl methyl sites for hydroxylation is 2. The summed E-state index contributed by atoms with van der Waals surface area (Å²) in [6.07, 6.45) is 5.17. The molecule has 2 heteroatoms. The van der Waals surface area contributed by atoms with Gasteiger partial charge in [0, 0.05) is 4.88 Å². The third-order valence-corrected chi connectivity index (χ3v) is 4.22. The fourth-order valence-electron chi connectivity index (χ4n) is 2.39. The number of fused-ring (bicyclic) bond motifs is 1. The molecule has 0 spiro atoms. The van der Waals surface area contributed by atoms with Gasteiger partial charge in [0.2, 0.25) is 0 Å². The highest BCUT2D eigenvalue weighted by molar-refractivity contribution is 7.19. The van der Waals surface area contributed by atoms with Crippen molar-refractivity contribution in [3.63, 3.8) is 0 Å². The molecule has 0 saturated heterocycles. The molecule has 0 fully saturated rings. The lowest BCUT2D eigenvalue weighted by atomic mass is 9.90. The summed E-state index contributed by atoms with van der Waals surface area (Å²) in [5.41, 5.74) is 10.2. The van der Waals surface area contributed by atoms with Crippen molar-refractivity contribution in [2.24, 2.45) is 0 Å². The number of nitrogens with two attached hydrogens (primary N) is 1. The Kier molecular flexibility index (Phi) is 2.44. The number of nitrogen functional groups attached to an aromatic ring is 1. The first-order valence-electron chi connectivity index (χ1n) is 5.80. The second kappa shape index (κ2) is 3.95. The Bertz CT molecular complexity index is 513. The fraction of sp³-hybridized carbons (Fsp3) is 0.286. The Morgan fingerprint density at radius 1 is 0.938 bits per heavy atom. The summed E-state index contributed by atoms with van der Waals surface area (Å²) in [6, 6.07) is 11.0. The van der Waals surface area contributed by atoms with Crippen LogP contribution < -0.4 is 5.73 Å². The summed E-state index contributed by atoms with van der Waals surface area (Å²) < 4.78 is 0. The molecule has 82 valence electrons. The predicted octanol–water partition coefficient (Wildman–Crippen LogP) is 3.88. The van der Waals surface area contributed by atoms with Gasteiger partial charge in [0.25, 0.3) is 0 Å². The highest BCUT2D eigenvalue weighted by Crippen LogP contribution is 2.32. The summed E-state index contributed by atoms with van der Waals surface area (Å²) in [7, 11) is 0. The van der Waals surface area contributed by atoms with Crippen LogP contribution in [0, 0.1) is 0 Å². The van der Waals surface area contributed by atoms with E-state index in [1.54, 1.807) is 16.9 Å². The molecule has 1 aliphatic carbocycles. The lowest BCUT2D eigenvalue weighted by Gasteiger charge is -2.16. The van der Waals surface area contributed by atoms with Crippen LogP contribution in [0.3, 0.4) is 0 Å². The van der Waals surface area contributed by atoms with Crippen LogP contribution in [0.25, 0.3) is 10.4 Å². The Hall–Kier alpha value is -1.28. The second-order valence-electron chi connectivity index (χ2n) is 4.39. The molecule has 0 saturated carbocycles. The maximum absolute atomic E-state index is 5.77. The first-order chi connectivity index (χ1) is 7.83. The van der Waals surface area contributed by atoms with Crippen LogP contribution in [0.4, 0.5) is 5.00 Å². The minimum Gasteiger partial charge on any atom is -0.391 e. The average molecular weight is 229 g/mol. The Morgan fingerprint density at radius 3 is 2.50 bits per heavy atom. The van der Waals surface area contributed by atoms with Gasteiger partial charge in [-0.1, -0.05) is 18.2 Å². The Morgan fingerprint density at radius 2 is 1.75 bits per heavy atom. The number of hydrogen-bond acceptors (Lipinski definition) is 2. The molecule has 0 atom stereocenters. The van der Waals surface area contributed by atoms with E-state index in [4.69, 9.17) is 5.73 Å². The van der Waals surface area contributed by atoms with E-state index < -0.39 is 0 Å². The van der Waals surface area contributed by atoms with Crippen molar-refractivity contribution in [3.8, 4) is 10.4 Å². The molecule has 0 radical (unpaired) electrons. The van der Waals surface area contributed by atoms with Gasteiger partial charge in [-0.25, -0.2) is 0 Å². The van der Waals surface area contributed by atoms with Gasteiger partial charge in [-0.15, -0.1) is 11.3 Å². The van der Waals surface area contributed by atoms with Crippen molar-refractivity contribution in [2.75, 3.05) is 5.73 Å². The van der Waals surface area contributed by atoms with Gasteiger partial charge in [-0.2, -0.15) is 0 Å². The zero-order valence-corrected chi connectivity index (χ0v) is 10.0. The van der Waals surface area contributed by atoms with E-state index in [9.17, 15) is 0 Å². The quantitative estimate of drug-likeness (QED) is 0.789. The van der Waals surface area contributed by atoms with Gasteiger partial charge in [0.1, 0.15) is 0 Å². The minimum absolute atomic E-state index is 0.896. The van der Waals surface area contributed by atoms with Crippen LogP contribution in [0.5, 0.6) is 0 Å². The molecule has 1 heterocycles. The number of rotatable bonds is 1. The van der Waals surface area contributed by atoms with E-state index >= 15 is 0 Å². The van der Waals surface area contributed by atoms with Crippen LogP contribution in [0.1, 0.15) is 24.0 Å². The minimum atomic E-state index is 0.896. The maximum atomic E-state index is 5.77. The molecule has 1 aromatic carbocycles. The van der Waals surface area contributed by atoms with E-state index in [1.165, 1.54) is 41.7 Å². The first kappa shape index (κ1) is 9.91. The molecular formula is C14H15NS. The zero-order chi connectivity index (χ0) is 11.0. The molecule has 0 bridgehead atoms. The molecule has 0 aliphatic heterocycles. The van der Waals surface area contributed by atoms with Gasteiger partial charge >= 0.3 is 0 Å². The van der Waals surface area contributed by atoms with E-state index in [2.05, 4.69) is 24.3 Å². The summed E-state index contributed by atoms with van der Waals surface area (Å²) in [5.74, 6) is 0. The predicted molar refractivity (Wildman–Crippen MR) is 70.8 cm³/mol. The van der Waals surface area contributed by atoms with E-state index in [0.717, 1.165) is 5.00 Å². The maximum Gasteiger partial charge on any atom is 0.0862 e. The summed E-state index contributed by atoms with van der Waals surface area (Å²) in [6.45, 7) is 0. The standard InChI is InChI=1S/C14H15NS/c15-14-8-7-13(16-14)12-6-5-10-3-1-2-4-11(10)9-12/h5-9H,1-4,15H2. The summed E-state index contributed by atoms with van der Waals surface area (Å²) in [5, 5.41) is 0.896. The Labute approximate surface area is 99.9 Å². The third kappa shape index (κ3) is 1.74. The zero-order valence-electron chi connectivity index (χ0n) is 9.20. The molecule has 0 amide bonds. The van der Waals surface area contributed by atoms with Gasteiger partial charge in [-0.05, 0) is 54.5 Å². The van der Waals surface area contributed by atoms with Crippen molar-refractivity contribution in [1.82, 2.24) is 0 Å². The highest BCUT2D eigenvalue weighted by Gasteiger charge is 2.10. The highest BCUT2D eigenvalue weighted by atomic mass is 32.1. The van der Waals surface area contributed by atoms with Crippen LogP contribution in [-0.2, 0) is 12.8 Å². The van der Waals surface area contributed by atoms with E-state index in [-0.39, 0.29) is 0 Å². The molecule has 16 heavy (non-hydrogen) atoms. The number of thiophene rings is 1. The first-order valence-corrected chi connectivity index (χ1v) is 6.62. The van der Waals surface area contributed by atoms with E-state index in [1.807, 2.05) is 6.07 Å². The van der Waals surface area contributed by atoms with Crippen molar-refractivity contribution in [2.45, 2.75) is 25.7 Å². The van der Waals surface area contributed by atoms with Gasteiger partial charge < -0.3 is 5.73 Å². The molecule has 1 aromatic heterocycles. The monoisotopic (exact) mass is 229 g/mol. The third-order valence-electron chi connectivity index (χ3n) is 3.26. The lowest BCUT2D eigenvalue weighted by Crippen LogP contribution is -2.01. The van der Waals surface area contributed by atoms with Crippen molar-refractivity contribution < 1.29 is 0 Å². The van der Waals surface area contributed by atoms with Crippen molar-refractivity contribution in [3.05, 3.63) is 41.5 Å². The topological polar surface area (TPSA) is 26.0 Å². The smallest absolute Gasteiger partial charge is 0.0862 e. The molecule has 3 rings (SSSR count). The van der Waals surface area contributed by atoms with Crippen LogP contribution in [0.2, 0.25) is 0 Å². The lowest BCUT2D eigenvalue weighted by molar-refractivity contribution is 0.686. The van der Waals surface area contributed by atoms with E-state index in [0.29, 0.717) is 0 Å². The van der Waals surface area contributed by atoms with Crippen LogP contribution in [0.15, 0.2) is 30.3 Å². The molecular weight excluding hydrogens is 214 g/mol. The van der Waals surface area contributed by atoms with Gasteiger partial charge in [0.15, 0.2) is 0 Å². The normalized spacial score (nSPS) is 14.8. The second-order valence-corrected chi connectivity index (χ2v) is 5.51. The molecule has 2 aromatic rings. The van der Waals surface area contributed by atoms with Crippen LogP contribution >= 0.6 is 11.3 Å². The number of hydrogen-bond donors (Lipinski definition) is 1. The van der Waals surface area contributed by atoms with Gasteiger partial charge in [-0.3, -0.25) is 0 Å². The molecule has 0 unspecified atom stereocenters. The molecule has 1 aliphatic rings. The number of benzene rings is 1. The van der Waals surface area contributed by atoms with Crippen molar-refractivity contribution >= 4 is 16.3 Å².